The smallest absolute Gasteiger partial charge is 0.213 e. The zero-order valence-electron chi connectivity index (χ0n) is 23.4. The number of nitrogens with zero attached hydrogens (tertiary/aromatic N) is 1. The van der Waals surface area contributed by atoms with Crippen LogP contribution in [0.1, 0.15) is 48.8 Å². The third-order valence-electron chi connectivity index (χ3n) is 7.57. The van der Waals surface area contributed by atoms with Gasteiger partial charge in [0.1, 0.15) is 22.2 Å². The summed E-state index contributed by atoms with van der Waals surface area (Å²) in [5.74, 6) is 8.19. The summed E-state index contributed by atoms with van der Waals surface area (Å²) >= 11 is 1.72. The Bertz CT molecular complexity index is 1650. The van der Waals surface area contributed by atoms with Crippen molar-refractivity contribution in [2.45, 2.75) is 45.6 Å². The zero-order chi connectivity index (χ0) is 28.8. The van der Waals surface area contributed by atoms with Crippen molar-refractivity contribution in [3.05, 3.63) is 76.8 Å². The number of pyridine rings is 1. The monoisotopic (exact) mass is 589 g/mol. The van der Waals surface area contributed by atoms with Gasteiger partial charge in [0.2, 0.25) is 5.88 Å². The van der Waals surface area contributed by atoms with E-state index < -0.39 is 9.84 Å². The largest absolute Gasteiger partial charge is 0.493 e. The SMILES string of the molecule is CC#C[C@H](CCO)c1ccc(OCc2ccc3scc(-c4ccc(OCC5CCS(=O)(=O)CC5)cc4C)c3c2)nc1. The predicted molar refractivity (Wildman–Crippen MR) is 165 cm³/mol. The Morgan fingerprint density at radius 2 is 1.90 bits per heavy atom. The van der Waals surface area contributed by atoms with Crippen LogP contribution in [-0.4, -0.2) is 43.2 Å². The second kappa shape index (κ2) is 13.1. The first-order valence-corrected chi connectivity index (χ1v) is 16.6. The molecule has 0 amide bonds. The number of fused-ring (bicyclic) bond motifs is 1. The molecule has 4 aromatic rings. The minimum atomic E-state index is -2.86. The molecule has 1 aliphatic heterocycles. The highest BCUT2D eigenvalue weighted by Crippen LogP contribution is 2.37. The molecule has 2 aromatic carbocycles. The van der Waals surface area contributed by atoms with Gasteiger partial charge in [-0.05, 0) is 90.9 Å². The van der Waals surface area contributed by atoms with Crippen molar-refractivity contribution in [1.29, 1.82) is 0 Å². The molecular weight excluding hydrogens is 554 g/mol. The number of hydrogen-bond donors (Lipinski definition) is 1. The van der Waals surface area contributed by atoms with E-state index in [4.69, 9.17) is 9.47 Å². The molecule has 0 unspecified atom stereocenters. The van der Waals surface area contributed by atoms with Crippen LogP contribution in [0, 0.1) is 24.7 Å². The number of sulfone groups is 1. The normalized spacial score (nSPS) is 15.7. The molecule has 0 aliphatic carbocycles. The highest BCUT2D eigenvalue weighted by molar-refractivity contribution is 7.91. The first-order chi connectivity index (χ1) is 19.8. The van der Waals surface area contributed by atoms with Gasteiger partial charge in [-0.3, -0.25) is 0 Å². The molecular formula is C33H35NO5S2. The molecule has 214 valence electrons. The second-order valence-corrected chi connectivity index (χ2v) is 13.8. The molecule has 1 atom stereocenters. The fourth-order valence-electron chi connectivity index (χ4n) is 5.19. The second-order valence-electron chi connectivity index (χ2n) is 10.5. The number of aromatic nitrogens is 1. The average Bonchev–Trinajstić information content (AvgIpc) is 3.39. The van der Waals surface area contributed by atoms with Crippen LogP contribution < -0.4 is 9.47 Å². The standard InChI is InChI=1S/C33H35NO5S2/c1-3-4-26(11-14-35)27-6-10-33(34-19-27)39-21-25-5-9-32-30(18-25)31(22-40-32)29-8-7-28(17-23(29)2)38-20-24-12-15-41(36,37)16-13-24/h5-10,17-19,22,24,26,35H,11-16,20-21H2,1-2H3/t26-/m1/s1. The van der Waals surface area contributed by atoms with Gasteiger partial charge >= 0.3 is 0 Å². The number of ether oxygens (including phenoxy) is 2. The maximum Gasteiger partial charge on any atom is 0.213 e. The van der Waals surface area contributed by atoms with E-state index in [2.05, 4.69) is 59.5 Å². The Balaban J connectivity index is 1.25. The lowest BCUT2D eigenvalue weighted by Crippen LogP contribution is -2.26. The Morgan fingerprint density at radius 1 is 1.07 bits per heavy atom. The zero-order valence-corrected chi connectivity index (χ0v) is 25.1. The van der Waals surface area contributed by atoms with Crippen LogP contribution in [0.15, 0.2) is 60.1 Å². The van der Waals surface area contributed by atoms with Gasteiger partial charge in [0.05, 0.1) is 18.1 Å². The van der Waals surface area contributed by atoms with Crippen LogP contribution >= 0.6 is 11.3 Å². The van der Waals surface area contributed by atoms with Crippen molar-refractivity contribution < 1.29 is 23.0 Å². The van der Waals surface area contributed by atoms with E-state index in [1.165, 1.54) is 15.6 Å². The number of aryl methyl sites for hydroxylation is 1. The lowest BCUT2D eigenvalue weighted by Gasteiger charge is -2.22. The molecule has 3 heterocycles. The molecule has 41 heavy (non-hydrogen) atoms. The Morgan fingerprint density at radius 3 is 2.61 bits per heavy atom. The van der Waals surface area contributed by atoms with E-state index in [1.807, 2.05) is 18.2 Å². The number of rotatable bonds is 10. The van der Waals surface area contributed by atoms with Crippen molar-refractivity contribution in [3.63, 3.8) is 0 Å². The maximum absolute atomic E-state index is 11.7. The van der Waals surface area contributed by atoms with Crippen LogP contribution in [0.4, 0.5) is 0 Å². The number of aliphatic hydroxyl groups excluding tert-OH is 1. The lowest BCUT2D eigenvalue weighted by atomic mass is 9.98. The molecule has 1 N–H and O–H groups in total. The number of benzene rings is 2. The van der Waals surface area contributed by atoms with Crippen LogP contribution in [0.5, 0.6) is 11.6 Å². The summed E-state index contributed by atoms with van der Waals surface area (Å²) in [5.41, 5.74) is 5.51. The lowest BCUT2D eigenvalue weighted by molar-refractivity contribution is 0.238. The highest BCUT2D eigenvalue weighted by Gasteiger charge is 2.24. The molecule has 0 saturated carbocycles. The van der Waals surface area contributed by atoms with Crippen molar-refractivity contribution in [1.82, 2.24) is 4.98 Å². The van der Waals surface area contributed by atoms with E-state index in [0.717, 1.165) is 28.0 Å². The van der Waals surface area contributed by atoms with Gasteiger partial charge in [0, 0.05) is 40.4 Å². The Kier molecular flexibility index (Phi) is 9.29. The number of hydrogen-bond acceptors (Lipinski definition) is 7. The summed E-state index contributed by atoms with van der Waals surface area (Å²) in [5, 5.41) is 12.7. The van der Waals surface area contributed by atoms with Crippen LogP contribution in [0.2, 0.25) is 0 Å². The summed E-state index contributed by atoms with van der Waals surface area (Å²) < 4.78 is 36.7. The van der Waals surface area contributed by atoms with Gasteiger partial charge in [-0.15, -0.1) is 17.3 Å². The molecule has 1 aliphatic rings. The molecule has 0 spiro atoms. The quantitative estimate of drug-likeness (QED) is 0.211. The van der Waals surface area contributed by atoms with Crippen molar-refractivity contribution in [2.24, 2.45) is 5.92 Å². The Hall–Kier alpha value is -3.38. The van der Waals surface area contributed by atoms with Crippen molar-refractivity contribution in [2.75, 3.05) is 24.7 Å². The van der Waals surface area contributed by atoms with Crippen molar-refractivity contribution >= 4 is 31.3 Å². The Labute approximate surface area is 246 Å². The predicted octanol–water partition coefficient (Wildman–Crippen LogP) is 6.54. The van der Waals surface area contributed by atoms with Gasteiger partial charge in [-0.1, -0.05) is 24.1 Å². The summed E-state index contributed by atoms with van der Waals surface area (Å²) in [4.78, 5) is 4.46. The van der Waals surface area contributed by atoms with Crippen molar-refractivity contribution in [3.8, 4) is 34.6 Å². The molecule has 0 radical (unpaired) electrons. The van der Waals surface area contributed by atoms with E-state index >= 15 is 0 Å². The summed E-state index contributed by atoms with van der Waals surface area (Å²) in [6.07, 6.45) is 3.70. The van der Waals surface area contributed by atoms with E-state index in [0.29, 0.717) is 38.4 Å². The summed E-state index contributed by atoms with van der Waals surface area (Å²) in [6.45, 7) is 4.93. The van der Waals surface area contributed by atoms with Crippen LogP contribution in [0.25, 0.3) is 21.2 Å². The molecule has 1 saturated heterocycles. The van der Waals surface area contributed by atoms with Gasteiger partial charge in [0.15, 0.2) is 0 Å². The first kappa shape index (κ1) is 29.1. The first-order valence-electron chi connectivity index (χ1n) is 13.9. The molecule has 0 bridgehead atoms. The fraction of sp³-hybridized carbons (Fsp3) is 0.364. The van der Waals surface area contributed by atoms with Gasteiger partial charge < -0.3 is 14.6 Å². The third kappa shape index (κ3) is 7.28. The summed E-state index contributed by atoms with van der Waals surface area (Å²) in [6, 6.07) is 16.4. The van der Waals surface area contributed by atoms with E-state index in [-0.39, 0.29) is 29.9 Å². The van der Waals surface area contributed by atoms with E-state index in [1.54, 1.807) is 24.5 Å². The van der Waals surface area contributed by atoms with Gasteiger partial charge in [0.25, 0.3) is 0 Å². The summed E-state index contributed by atoms with van der Waals surface area (Å²) in [7, 11) is -2.86. The topological polar surface area (TPSA) is 85.7 Å². The molecule has 5 rings (SSSR count). The molecule has 2 aromatic heterocycles. The molecule has 1 fully saturated rings. The van der Waals surface area contributed by atoms with Gasteiger partial charge in [-0.2, -0.15) is 0 Å². The fourth-order valence-corrected chi connectivity index (χ4v) is 7.72. The highest BCUT2D eigenvalue weighted by atomic mass is 32.2. The van der Waals surface area contributed by atoms with Crippen LogP contribution in [-0.2, 0) is 16.4 Å². The van der Waals surface area contributed by atoms with Gasteiger partial charge in [-0.25, -0.2) is 13.4 Å². The minimum absolute atomic E-state index is 0.0342. The number of thiophene rings is 1. The molecule has 6 nitrogen and oxygen atoms in total. The third-order valence-corrected chi connectivity index (χ3v) is 10.2. The van der Waals surface area contributed by atoms with E-state index in [9.17, 15) is 13.5 Å². The van der Waals surface area contributed by atoms with Crippen LogP contribution in [0.3, 0.4) is 0 Å². The molecule has 8 heteroatoms. The maximum atomic E-state index is 11.7. The minimum Gasteiger partial charge on any atom is -0.493 e. The average molecular weight is 590 g/mol. The number of aliphatic hydroxyl groups is 1.